The first kappa shape index (κ1) is 19.4. The van der Waals surface area contributed by atoms with Crippen LogP contribution < -0.4 is 14.8 Å². The Morgan fingerprint density at radius 1 is 1.20 bits per heavy atom. The van der Waals surface area contributed by atoms with Crippen LogP contribution in [0, 0.1) is 6.92 Å². The molecule has 136 valence electrons. The van der Waals surface area contributed by atoms with Crippen molar-refractivity contribution in [1.82, 2.24) is 5.32 Å². The highest BCUT2D eigenvalue weighted by Gasteiger charge is 2.07. The molecule has 6 heteroatoms. The van der Waals surface area contributed by atoms with Gasteiger partial charge in [-0.3, -0.25) is 4.21 Å². The van der Waals surface area contributed by atoms with E-state index in [4.69, 9.17) is 9.47 Å². The van der Waals surface area contributed by atoms with Crippen LogP contribution in [0.25, 0.3) is 0 Å². The molecular weight excluding hydrogens is 338 g/mol. The van der Waals surface area contributed by atoms with Gasteiger partial charge in [0.2, 0.25) is 0 Å². The van der Waals surface area contributed by atoms with E-state index in [0.717, 1.165) is 29.8 Å². The lowest BCUT2D eigenvalue weighted by molar-refractivity contribution is 0.260. The highest BCUT2D eigenvalue weighted by molar-refractivity contribution is 7.79. The van der Waals surface area contributed by atoms with Gasteiger partial charge in [-0.2, -0.15) is 0 Å². The Morgan fingerprint density at radius 2 is 1.92 bits per heavy atom. The van der Waals surface area contributed by atoms with Gasteiger partial charge in [-0.05, 0) is 67.2 Å². The van der Waals surface area contributed by atoms with E-state index < -0.39 is 11.1 Å². The fraction of sp³-hybridized carbons (Fsp3) is 0.368. The molecule has 0 aromatic heterocycles. The summed E-state index contributed by atoms with van der Waals surface area (Å²) in [6.45, 7) is 5.10. The molecule has 0 bridgehead atoms. The number of hydrogen-bond acceptors (Lipinski definition) is 5. The van der Waals surface area contributed by atoms with Gasteiger partial charge >= 0.3 is 0 Å². The van der Waals surface area contributed by atoms with Crippen LogP contribution in [0.15, 0.2) is 47.4 Å². The first-order valence-electron chi connectivity index (χ1n) is 8.19. The topological polar surface area (TPSA) is 70.6 Å². The molecule has 0 aliphatic rings. The molecular formula is C19H24NO4S-. The first-order valence-corrected chi connectivity index (χ1v) is 9.26. The SMILES string of the molecule is COc1ccccc1OCC(C)NCCc1ccc(C)c(S(=O)[O-])c1. The molecule has 2 aromatic carbocycles. The van der Waals surface area contributed by atoms with Crippen LogP contribution >= 0.6 is 0 Å². The van der Waals surface area contributed by atoms with Crippen molar-refractivity contribution >= 4 is 11.1 Å². The Bertz CT molecular complexity index is 720. The van der Waals surface area contributed by atoms with Gasteiger partial charge in [0, 0.05) is 10.9 Å². The number of benzene rings is 2. The quantitative estimate of drug-likeness (QED) is 0.695. The van der Waals surface area contributed by atoms with E-state index >= 15 is 0 Å². The number of para-hydroxylation sites is 2. The van der Waals surface area contributed by atoms with E-state index in [1.54, 1.807) is 20.1 Å². The smallest absolute Gasteiger partial charge is 0.161 e. The van der Waals surface area contributed by atoms with Gasteiger partial charge in [0.05, 0.1) is 7.11 Å². The minimum atomic E-state index is -2.19. The number of rotatable bonds is 9. The van der Waals surface area contributed by atoms with E-state index in [-0.39, 0.29) is 6.04 Å². The van der Waals surface area contributed by atoms with Crippen molar-refractivity contribution in [3.8, 4) is 11.5 Å². The standard InChI is InChI=1S/C19H25NO4S/c1-14-8-9-16(12-19(14)25(21)22)10-11-20-15(2)13-24-18-7-5-4-6-17(18)23-3/h4-9,12,15,20H,10-11,13H2,1-3H3,(H,21,22)/p-1. The molecule has 0 spiro atoms. The van der Waals surface area contributed by atoms with Crippen LogP contribution in [0.3, 0.4) is 0 Å². The second kappa shape index (κ2) is 9.56. The molecule has 0 aliphatic heterocycles. The fourth-order valence-corrected chi connectivity index (χ4v) is 3.03. The van der Waals surface area contributed by atoms with Gasteiger partial charge < -0.3 is 19.3 Å². The lowest BCUT2D eigenvalue weighted by Gasteiger charge is -2.17. The Hall–Kier alpha value is -1.89. The van der Waals surface area contributed by atoms with Crippen LogP contribution in [0.1, 0.15) is 18.1 Å². The summed E-state index contributed by atoms with van der Waals surface area (Å²) in [4.78, 5) is 0.366. The Balaban J connectivity index is 1.80. The van der Waals surface area contributed by atoms with Crippen molar-refractivity contribution in [2.75, 3.05) is 20.3 Å². The molecule has 0 radical (unpaired) electrons. The molecule has 0 saturated heterocycles. The third-order valence-electron chi connectivity index (χ3n) is 3.90. The van der Waals surface area contributed by atoms with Crippen molar-refractivity contribution in [3.05, 3.63) is 53.6 Å². The highest BCUT2D eigenvalue weighted by atomic mass is 32.2. The average molecular weight is 362 g/mol. The van der Waals surface area contributed by atoms with Gasteiger partial charge in [0.25, 0.3) is 0 Å². The minimum absolute atomic E-state index is 0.156. The molecule has 2 rings (SSSR count). The van der Waals surface area contributed by atoms with Crippen molar-refractivity contribution in [2.45, 2.75) is 31.2 Å². The summed E-state index contributed by atoms with van der Waals surface area (Å²) in [5, 5.41) is 3.38. The summed E-state index contributed by atoms with van der Waals surface area (Å²) >= 11 is -2.19. The lowest BCUT2D eigenvalue weighted by atomic mass is 10.1. The highest BCUT2D eigenvalue weighted by Crippen LogP contribution is 2.25. The predicted molar refractivity (Wildman–Crippen MR) is 98.0 cm³/mol. The van der Waals surface area contributed by atoms with Crippen LogP contribution in [-0.2, 0) is 17.5 Å². The van der Waals surface area contributed by atoms with Crippen LogP contribution in [0.4, 0.5) is 0 Å². The molecule has 1 N–H and O–H groups in total. The van der Waals surface area contributed by atoms with Gasteiger partial charge in [0.1, 0.15) is 6.61 Å². The molecule has 0 saturated carbocycles. The Morgan fingerprint density at radius 3 is 2.60 bits per heavy atom. The maximum atomic E-state index is 11.2. The Labute approximate surface area is 151 Å². The molecule has 2 unspecified atom stereocenters. The van der Waals surface area contributed by atoms with Gasteiger partial charge in [-0.1, -0.05) is 24.3 Å². The molecule has 0 fully saturated rings. The molecule has 0 heterocycles. The largest absolute Gasteiger partial charge is 0.768 e. The zero-order chi connectivity index (χ0) is 18.2. The molecule has 2 aromatic rings. The zero-order valence-corrected chi connectivity index (χ0v) is 15.6. The number of methoxy groups -OCH3 is 1. The fourth-order valence-electron chi connectivity index (χ4n) is 2.45. The Kier molecular flexibility index (Phi) is 7.43. The maximum absolute atomic E-state index is 11.2. The van der Waals surface area contributed by atoms with Gasteiger partial charge in [0.15, 0.2) is 11.5 Å². The number of ether oxygens (including phenoxy) is 2. The summed E-state index contributed by atoms with van der Waals surface area (Å²) < 4.78 is 33.4. The van der Waals surface area contributed by atoms with Crippen molar-refractivity contribution < 1.29 is 18.2 Å². The number of hydrogen-bond donors (Lipinski definition) is 1. The maximum Gasteiger partial charge on any atom is 0.161 e. The minimum Gasteiger partial charge on any atom is -0.768 e. The molecule has 25 heavy (non-hydrogen) atoms. The normalized spacial score (nSPS) is 13.3. The predicted octanol–water partition coefficient (Wildman–Crippen LogP) is 2.84. The van der Waals surface area contributed by atoms with Gasteiger partial charge in [-0.25, -0.2) is 0 Å². The summed E-state index contributed by atoms with van der Waals surface area (Å²) in [6.07, 6.45) is 0.753. The second-order valence-electron chi connectivity index (χ2n) is 5.90. The summed E-state index contributed by atoms with van der Waals surface area (Å²) in [5.74, 6) is 1.44. The van der Waals surface area contributed by atoms with Crippen LogP contribution in [-0.4, -0.2) is 35.1 Å². The lowest BCUT2D eigenvalue weighted by Crippen LogP contribution is -2.33. The van der Waals surface area contributed by atoms with Crippen molar-refractivity contribution in [1.29, 1.82) is 0 Å². The van der Waals surface area contributed by atoms with E-state index in [1.165, 1.54) is 0 Å². The molecule has 2 atom stereocenters. The van der Waals surface area contributed by atoms with E-state index in [1.807, 2.05) is 43.3 Å². The summed E-state index contributed by atoms with van der Waals surface area (Å²) in [6, 6.07) is 13.2. The van der Waals surface area contributed by atoms with Crippen LogP contribution in [0.2, 0.25) is 0 Å². The van der Waals surface area contributed by atoms with Crippen molar-refractivity contribution in [3.63, 3.8) is 0 Å². The van der Waals surface area contributed by atoms with Gasteiger partial charge in [-0.15, -0.1) is 0 Å². The molecule has 5 nitrogen and oxygen atoms in total. The zero-order valence-electron chi connectivity index (χ0n) is 14.8. The summed E-state index contributed by atoms with van der Waals surface area (Å²) in [7, 11) is 1.62. The van der Waals surface area contributed by atoms with E-state index in [2.05, 4.69) is 5.32 Å². The van der Waals surface area contributed by atoms with E-state index in [9.17, 15) is 8.76 Å². The molecule has 0 amide bonds. The molecule has 0 aliphatic carbocycles. The van der Waals surface area contributed by atoms with Crippen LogP contribution in [0.5, 0.6) is 11.5 Å². The van der Waals surface area contributed by atoms with Crippen molar-refractivity contribution in [2.24, 2.45) is 0 Å². The third kappa shape index (κ3) is 5.85. The average Bonchev–Trinajstić information content (AvgIpc) is 2.61. The number of aryl methyl sites for hydroxylation is 1. The second-order valence-corrected chi connectivity index (χ2v) is 6.81. The first-order chi connectivity index (χ1) is 12.0. The number of nitrogens with one attached hydrogen (secondary N) is 1. The summed E-state index contributed by atoms with van der Waals surface area (Å²) in [5.41, 5.74) is 1.76. The monoisotopic (exact) mass is 362 g/mol. The van der Waals surface area contributed by atoms with E-state index in [0.29, 0.717) is 17.3 Å². The third-order valence-corrected chi connectivity index (χ3v) is 4.70.